The minimum absolute atomic E-state index is 0.152. The summed E-state index contributed by atoms with van der Waals surface area (Å²) in [6.45, 7) is 6.35. The fraction of sp³-hybridized carbons (Fsp3) is 0.471. The number of amidine groups is 1. The molecule has 0 unspecified atom stereocenters. The summed E-state index contributed by atoms with van der Waals surface area (Å²) in [5.41, 5.74) is 0.222. The molecule has 1 aliphatic rings. The minimum atomic E-state index is -0.559. The van der Waals surface area contributed by atoms with Gasteiger partial charge in [-0.1, -0.05) is 0 Å². The first-order chi connectivity index (χ1) is 11.3. The largest absolute Gasteiger partial charge is 0.482 e. The van der Waals surface area contributed by atoms with E-state index in [9.17, 15) is 9.59 Å². The number of carbonyl (C=O) groups is 2. The Bertz CT molecular complexity index is 631. The average Bonchev–Trinajstić information content (AvgIpc) is 3.01. The number of esters is 1. The number of benzene rings is 1. The number of aliphatic imine (C=N–C) groups is 1. The zero-order valence-corrected chi connectivity index (χ0v) is 14.4. The van der Waals surface area contributed by atoms with Crippen molar-refractivity contribution in [3.8, 4) is 5.75 Å². The van der Waals surface area contributed by atoms with Gasteiger partial charge in [0.15, 0.2) is 6.61 Å². The summed E-state index contributed by atoms with van der Waals surface area (Å²) in [5.74, 6) is 0.658. The number of rotatable bonds is 4. The fourth-order valence-corrected chi connectivity index (χ4v) is 2.09. The van der Waals surface area contributed by atoms with E-state index in [4.69, 9.17) is 9.47 Å². The van der Waals surface area contributed by atoms with Gasteiger partial charge in [0.25, 0.3) is 0 Å². The van der Waals surface area contributed by atoms with Gasteiger partial charge in [-0.15, -0.1) is 0 Å². The second-order valence-corrected chi connectivity index (χ2v) is 6.23. The Kier molecular flexibility index (Phi) is 5.43. The molecule has 0 saturated heterocycles. The van der Waals surface area contributed by atoms with Crippen LogP contribution in [0.4, 0.5) is 4.79 Å². The molecule has 0 aromatic heterocycles. The van der Waals surface area contributed by atoms with Gasteiger partial charge >= 0.3 is 12.1 Å². The van der Waals surface area contributed by atoms with Crippen LogP contribution >= 0.6 is 0 Å². The Morgan fingerprint density at radius 3 is 2.46 bits per heavy atom. The molecule has 1 aromatic rings. The lowest BCUT2D eigenvalue weighted by molar-refractivity contribution is -0.142. The van der Waals surface area contributed by atoms with Crippen molar-refractivity contribution in [3.63, 3.8) is 0 Å². The summed E-state index contributed by atoms with van der Waals surface area (Å²) in [4.78, 5) is 29.2. The number of amides is 1. The first kappa shape index (κ1) is 17.8. The molecule has 1 amide bonds. The maximum atomic E-state index is 12.3. The maximum Gasteiger partial charge on any atom is 0.416 e. The Balaban J connectivity index is 2.04. The molecule has 0 spiro atoms. The maximum absolute atomic E-state index is 12.3. The van der Waals surface area contributed by atoms with Gasteiger partial charge in [0, 0.05) is 5.56 Å². The molecule has 7 heteroatoms. The van der Waals surface area contributed by atoms with Gasteiger partial charge in [0.1, 0.15) is 17.2 Å². The van der Waals surface area contributed by atoms with Crippen molar-refractivity contribution in [1.82, 2.24) is 4.90 Å². The van der Waals surface area contributed by atoms with E-state index >= 15 is 0 Å². The molecular formula is C17H22N2O5. The highest BCUT2D eigenvalue weighted by molar-refractivity contribution is 6.07. The standard InChI is InChI=1S/C17H22N2O5/c1-17(2,3)24-16(21)19-10-9-18-15(19)12-5-7-13(8-6-12)23-11-14(20)22-4/h5-8H,9-11H2,1-4H3. The first-order valence-corrected chi connectivity index (χ1v) is 7.65. The molecule has 0 radical (unpaired) electrons. The molecule has 0 bridgehead atoms. The van der Waals surface area contributed by atoms with Crippen LogP contribution in [0.2, 0.25) is 0 Å². The van der Waals surface area contributed by atoms with Crippen molar-refractivity contribution in [2.24, 2.45) is 4.99 Å². The normalized spacial score (nSPS) is 14.2. The molecule has 2 rings (SSSR count). The Labute approximate surface area is 141 Å². The van der Waals surface area contributed by atoms with E-state index in [1.54, 1.807) is 24.3 Å². The average molecular weight is 334 g/mol. The summed E-state index contributed by atoms with van der Waals surface area (Å²) in [7, 11) is 1.30. The van der Waals surface area contributed by atoms with Crippen molar-refractivity contribution in [2.45, 2.75) is 26.4 Å². The SMILES string of the molecule is COC(=O)COc1ccc(C2=NCCN2C(=O)OC(C)(C)C)cc1. The molecule has 0 saturated carbocycles. The molecule has 1 aromatic carbocycles. The van der Waals surface area contributed by atoms with E-state index < -0.39 is 17.7 Å². The van der Waals surface area contributed by atoms with Crippen LogP contribution in [0, 0.1) is 0 Å². The van der Waals surface area contributed by atoms with E-state index in [-0.39, 0.29) is 6.61 Å². The Morgan fingerprint density at radius 2 is 1.88 bits per heavy atom. The monoisotopic (exact) mass is 334 g/mol. The molecule has 1 heterocycles. The lowest BCUT2D eigenvalue weighted by atomic mass is 10.2. The molecule has 0 aliphatic carbocycles. The van der Waals surface area contributed by atoms with Crippen LogP contribution < -0.4 is 4.74 Å². The minimum Gasteiger partial charge on any atom is -0.482 e. The molecule has 130 valence electrons. The lowest BCUT2D eigenvalue weighted by Crippen LogP contribution is -2.39. The molecule has 0 atom stereocenters. The summed E-state index contributed by atoms with van der Waals surface area (Å²) in [5, 5.41) is 0. The number of carbonyl (C=O) groups excluding carboxylic acids is 2. The van der Waals surface area contributed by atoms with Gasteiger partial charge in [-0.3, -0.25) is 9.89 Å². The van der Waals surface area contributed by atoms with E-state index in [2.05, 4.69) is 9.73 Å². The Hall–Kier alpha value is -2.57. The van der Waals surface area contributed by atoms with E-state index in [1.807, 2.05) is 20.8 Å². The molecule has 1 aliphatic heterocycles. The third-order valence-electron chi connectivity index (χ3n) is 3.15. The first-order valence-electron chi connectivity index (χ1n) is 7.65. The lowest BCUT2D eigenvalue weighted by Gasteiger charge is -2.25. The number of hydrogen-bond donors (Lipinski definition) is 0. The molecule has 0 N–H and O–H groups in total. The van der Waals surface area contributed by atoms with Crippen LogP contribution in [-0.4, -0.2) is 55.2 Å². The van der Waals surface area contributed by atoms with Gasteiger partial charge in [0.05, 0.1) is 20.2 Å². The predicted molar refractivity (Wildman–Crippen MR) is 88.3 cm³/mol. The zero-order chi connectivity index (χ0) is 17.7. The van der Waals surface area contributed by atoms with E-state index in [0.29, 0.717) is 24.7 Å². The van der Waals surface area contributed by atoms with Gasteiger partial charge in [-0.25, -0.2) is 9.59 Å². The smallest absolute Gasteiger partial charge is 0.416 e. The van der Waals surface area contributed by atoms with E-state index in [0.717, 1.165) is 5.56 Å². The number of nitrogens with zero attached hydrogens (tertiary/aromatic N) is 2. The molecule has 0 fully saturated rings. The van der Waals surface area contributed by atoms with Crippen molar-refractivity contribution in [1.29, 1.82) is 0 Å². The quantitative estimate of drug-likeness (QED) is 0.789. The summed E-state index contributed by atoms with van der Waals surface area (Å²) in [6, 6.07) is 7.00. The van der Waals surface area contributed by atoms with Crippen LogP contribution in [0.15, 0.2) is 29.3 Å². The number of hydrogen-bond acceptors (Lipinski definition) is 6. The fourth-order valence-electron chi connectivity index (χ4n) is 2.09. The van der Waals surface area contributed by atoms with Gasteiger partial charge in [-0.2, -0.15) is 0 Å². The van der Waals surface area contributed by atoms with Crippen molar-refractivity contribution >= 4 is 17.9 Å². The van der Waals surface area contributed by atoms with Gasteiger partial charge < -0.3 is 14.2 Å². The molecular weight excluding hydrogens is 312 g/mol. The Morgan fingerprint density at radius 1 is 1.21 bits per heavy atom. The summed E-state index contributed by atoms with van der Waals surface area (Å²) >= 11 is 0. The third kappa shape index (κ3) is 4.71. The molecule has 7 nitrogen and oxygen atoms in total. The molecule has 24 heavy (non-hydrogen) atoms. The van der Waals surface area contributed by atoms with Gasteiger partial charge in [-0.05, 0) is 45.0 Å². The third-order valence-corrected chi connectivity index (χ3v) is 3.15. The van der Waals surface area contributed by atoms with Crippen LogP contribution in [0.3, 0.4) is 0 Å². The second kappa shape index (κ2) is 7.33. The van der Waals surface area contributed by atoms with Crippen LogP contribution in [0.5, 0.6) is 5.75 Å². The van der Waals surface area contributed by atoms with E-state index in [1.165, 1.54) is 12.0 Å². The van der Waals surface area contributed by atoms with Crippen LogP contribution in [0.1, 0.15) is 26.3 Å². The van der Waals surface area contributed by atoms with Crippen LogP contribution in [-0.2, 0) is 14.3 Å². The second-order valence-electron chi connectivity index (χ2n) is 6.23. The van der Waals surface area contributed by atoms with Crippen molar-refractivity contribution < 1.29 is 23.8 Å². The summed E-state index contributed by atoms with van der Waals surface area (Å²) < 4.78 is 15.2. The van der Waals surface area contributed by atoms with Crippen LogP contribution in [0.25, 0.3) is 0 Å². The highest BCUT2D eigenvalue weighted by Crippen LogP contribution is 2.19. The predicted octanol–water partition coefficient (Wildman–Crippen LogP) is 2.24. The number of methoxy groups -OCH3 is 1. The summed E-state index contributed by atoms with van der Waals surface area (Å²) in [6.07, 6.45) is -0.412. The highest BCUT2D eigenvalue weighted by atomic mass is 16.6. The number of ether oxygens (including phenoxy) is 3. The topological polar surface area (TPSA) is 77.4 Å². The zero-order valence-electron chi connectivity index (χ0n) is 14.4. The van der Waals surface area contributed by atoms with Crippen molar-refractivity contribution in [3.05, 3.63) is 29.8 Å². The highest BCUT2D eigenvalue weighted by Gasteiger charge is 2.29. The van der Waals surface area contributed by atoms with Crippen molar-refractivity contribution in [2.75, 3.05) is 26.8 Å². The van der Waals surface area contributed by atoms with Gasteiger partial charge in [0.2, 0.25) is 0 Å².